The number of esters is 1. The van der Waals surface area contributed by atoms with Crippen LogP contribution in [-0.2, 0) is 16.0 Å². The van der Waals surface area contributed by atoms with E-state index >= 15 is 0 Å². The lowest BCUT2D eigenvalue weighted by Crippen LogP contribution is -2.66. The number of carbonyl (C=O) groups is 1. The second-order valence-corrected chi connectivity index (χ2v) is 3.48. The Morgan fingerprint density at radius 1 is 1.59 bits per heavy atom. The van der Waals surface area contributed by atoms with Crippen LogP contribution < -0.4 is 10.8 Å². The van der Waals surface area contributed by atoms with Crippen LogP contribution in [0.15, 0.2) is 18.2 Å². The molecule has 1 aromatic rings. The van der Waals surface area contributed by atoms with Crippen molar-refractivity contribution in [3.63, 3.8) is 0 Å². The summed E-state index contributed by atoms with van der Waals surface area (Å²) in [7, 11) is 1.24. The number of rotatable bonds is 4. The van der Waals surface area contributed by atoms with Gasteiger partial charge in [-0.1, -0.05) is 12.1 Å². The first-order valence-electron chi connectivity index (χ1n) is 4.81. The van der Waals surface area contributed by atoms with Gasteiger partial charge < -0.3 is 15.6 Å². The highest BCUT2D eigenvalue weighted by molar-refractivity contribution is 5.74. The predicted octanol–water partition coefficient (Wildman–Crippen LogP) is -1.01. The second-order valence-electron chi connectivity index (χ2n) is 3.48. The Morgan fingerprint density at radius 2 is 2.24 bits per heavy atom. The van der Waals surface area contributed by atoms with Gasteiger partial charge in [0.1, 0.15) is 0 Å². The Bertz CT molecular complexity index is 446. The molecule has 0 heterocycles. The van der Waals surface area contributed by atoms with Gasteiger partial charge in [-0.15, -0.1) is 0 Å². The molecule has 1 unspecified atom stereocenters. The fraction of sp³-hybridized carbons (Fsp3) is 0.300. The first-order valence-corrected chi connectivity index (χ1v) is 4.81. The lowest BCUT2D eigenvalue weighted by atomic mass is 10.1. The van der Waals surface area contributed by atoms with Crippen LogP contribution in [0.1, 0.15) is 5.56 Å². The highest BCUT2D eigenvalue weighted by Crippen LogP contribution is 2.24. The molecule has 1 atom stereocenters. The van der Waals surface area contributed by atoms with Gasteiger partial charge in [0.15, 0.2) is 6.04 Å². The number of carbonyl (C=O) groups excluding carboxylic acids is 1. The number of nitro benzene ring substituents is 1. The highest BCUT2D eigenvalue weighted by Gasteiger charge is 2.19. The van der Waals surface area contributed by atoms with Crippen molar-refractivity contribution < 1.29 is 25.3 Å². The van der Waals surface area contributed by atoms with Crippen LogP contribution in [-0.4, -0.2) is 24.0 Å². The Kier molecular flexibility index (Phi) is 4.00. The molecule has 0 amide bonds. The van der Waals surface area contributed by atoms with E-state index in [2.05, 4.69) is 10.5 Å². The standard InChI is InChI=1S/C10H12N2O5/c1-17-10(14)7(11)4-6-2-3-9(13)8(5-6)12(15)16/h2-3,5,7,13H,4,11H2,1H3. The van der Waals surface area contributed by atoms with Gasteiger partial charge in [0, 0.05) is 12.5 Å². The average Bonchev–Trinajstić information content (AvgIpc) is 2.30. The SMILES string of the molecule is COC(=O)C([NH3+])Cc1ccc([O-])c([N+](=O)[O-])c1. The summed E-state index contributed by atoms with van der Waals surface area (Å²) in [6, 6.07) is 3.05. The molecule has 0 spiro atoms. The molecule has 7 heteroatoms. The summed E-state index contributed by atoms with van der Waals surface area (Å²) >= 11 is 0. The Hall–Kier alpha value is -2.15. The van der Waals surface area contributed by atoms with E-state index in [9.17, 15) is 20.0 Å². The van der Waals surface area contributed by atoms with Gasteiger partial charge in [-0.3, -0.25) is 10.1 Å². The van der Waals surface area contributed by atoms with Gasteiger partial charge >= 0.3 is 5.97 Å². The summed E-state index contributed by atoms with van der Waals surface area (Å²) in [6.45, 7) is 0. The molecule has 1 aromatic carbocycles. The molecule has 3 N–H and O–H groups in total. The molecule has 0 aliphatic carbocycles. The predicted molar refractivity (Wildman–Crippen MR) is 54.9 cm³/mol. The van der Waals surface area contributed by atoms with Crippen molar-refractivity contribution in [3.05, 3.63) is 33.9 Å². The first kappa shape index (κ1) is 12.9. The van der Waals surface area contributed by atoms with Crippen LogP contribution >= 0.6 is 0 Å². The number of methoxy groups -OCH3 is 1. The van der Waals surface area contributed by atoms with Gasteiger partial charge in [0.25, 0.3) is 5.69 Å². The summed E-state index contributed by atoms with van der Waals surface area (Å²) in [4.78, 5) is 20.9. The van der Waals surface area contributed by atoms with Crippen molar-refractivity contribution in [2.24, 2.45) is 0 Å². The number of hydrogen-bond donors (Lipinski definition) is 1. The smallest absolute Gasteiger partial charge is 0.364 e. The molecular weight excluding hydrogens is 228 g/mol. The summed E-state index contributed by atoms with van der Waals surface area (Å²) in [5.41, 5.74) is 3.58. The number of ether oxygens (including phenoxy) is 1. The van der Waals surface area contributed by atoms with E-state index in [1.54, 1.807) is 0 Å². The first-order chi connectivity index (χ1) is 7.95. The largest absolute Gasteiger partial charge is 0.868 e. The molecule has 0 aliphatic heterocycles. The zero-order valence-corrected chi connectivity index (χ0v) is 9.21. The molecule has 0 saturated carbocycles. The van der Waals surface area contributed by atoms with Crippen LogP contribution in [0.3, 0.4) is 0 Å². The molecule has 0 saturated heterocycles. The van der Waals surface area contributed by atoms with Gasteiger partial charge in [-0.05, 0) is 11.3 Å². The fourth-order valence-corrected chi connectivity index (χ4v) is 1.37. The van der Waals surface area contributed by atoms with E-state index in [0.717, 1.165) is 12.1 Å². The maximum absolute atomic E-state index is 11.1. The van der Waals surface area contributed by atoms with Crippen molar-refractivity contribution in [1.82, 2.24) is 0 Å². The summed E-state index contributed by atoms with van der Waals surface area (Å²) in [5, 5.41) is 21.7. The van der Waals surface area contributed by atoms with Crippen LogP contribution in [0, 0.1) is 10.1 Å². The number of nitrogens with zero attached hydrogens (tertiary/aromatic N) is 1. The van der Waals surface area contributed by atoms with Crippen molar-refractivity contribution in [2.75, 3.05) is 7.11 Å². The van der Waals surface area contributed by atoms with E-state index in [-0.39, 0.29) is 6.42 Å². The lowest BCUT2D eigenvalue weighted by molar-refractivity contribution is -0.407. The van der Waals surface area contributed by atoms with Gasteiger partial charge in [0.05, 0.1) is 12.0 Å². The monoisotopic (exact) mass is 240 g/mol. The normalized spacial score (nSPS) is 11.9. The molecule has 0 fully saturated rings. The third kappa shape index (κ3) is 3.15. The van der Waals surface area contributed by atoms with E-state index in [1.165, 1.54) is 13.2 Å². The minimum Gasteiger partial charge on any atom is -0.868 e. The molecule has 7 nitrogen and oxygen atoms in total. The van der Waals surface area contributed by atoms with Gasteiger partial charge in [-0.25, -0.2) is 4.79 Å². The van der Waals surface area contributed by atoms with Gasteiger partial charge in [0.2, 0.25) is 0 Å². The third-order valence-electron chi connectivity index (χ3n) is 2.24. The molecule has 0 aliphatic rings. The molecule has 0 aromatic heterocycles. The van der Waals surface area contributed by atoms with E-state index in [4.69, 9.17) is 0 Å². The number of quaternary nitrogens is 1. The summed E-state index contributed by atoms with van der Waals surface area (Å²) < 4.78 is 4.49. The summed E-state index contributed by atoms with van der Waals surface area (Å²) in [5.74, 6) is -1.16. The second kappa shape index (κ2) is 5.26. The summed E-state index contributed by atoms with van der Waals surface area (Å²) in [6.07, 6.45) is 0.188. The Labute approximate surface area is 97.0 Å². The molecule has 17 heavy (non-hydrogen) atoms. The molecule has 92 valence electrons. The van der Waals surface area contributed by atoms with Crippen molar-refractivity contribution >= 4 is 11.7 Å². The van der Waals surface area contributed by atoms with E-state index < -0.39 is 28.4 Å². The zero-order chi connectivity index (χ0) is 13.0. The third-order valence-corrected chi connectivity index (χ3v) is 2.24. The molecular formula is C10H12N2O5. The van der Waals surface area contributed by atoms with Crippen molar-refractivity contribution in [1.29, 1.82) is 0 Å². The lowest BCUT2D eigenvalue weighted by Gasteiger charge is -2.09. The van der Waals surface area contributed by atoms with E-state index in [0.29, 0.717) is 5.56 Å². The Balaban J connectivity index is 2.90. The average molecular weight is 240 g/mol. The molecule has 0 radical (unpaired) electrons. The minimum atomic E-state index is -0.748. The van der Waals surface area contributed by atoms with Crippen LogP contribution in [0.4, 0.5) is 5.69 Å². The van der Waals surface area contributed by atoms with Crippen LogP contribution in [0.25, 0.3) is 0 Å². The molecule has 0 bridgehead atoms. The number of benzene rings is 1. The number of hydrogen-bond acceptors (Lipinski definition) is 5. The molecule has 1 rings (SSSR count). The minimum absolute atomic E-state index is 0.188. The maximum atomic E-state index is 11.1. The number of nitro groups is 1. The van der Waals surface area contributed by atoms with Gasteiger partial charge in [-0.2, -0.15) is 0 Å². The van der Waals surface area contributed by atoms with Crippen molar-refractivity contribution in [2.45, 2.75) is 12.5 Å². The Morgan fingerprint density at radius 3 is 2.76 bits per heavy atom. The van der Waals surface area contributed by atoms with E-state index in [1.807, 2.05) is 0 Å². The maximum Gasteiger partial charge on any atom is 0.364 e. The zero-order valence-electron chi connectivity index (χ0n) is 9.21. The van der Waals surface area contributed by atoms with Crippen LogP contribution in [0.5, 0.6) is 5.75 Å². The topological polar surface area (TPSA) is 120 Å². The van der Waals surface area contributed by atoms with Crippen LogP contribution in [0.2, 0.25) is 0 Å². The quantitative estimate of drug-likeness (QED) is 0.411. The highest BCUT2D eigenvalue weighted by atomic mass is 16.6. The fourth-order valence-electron chi connectivity index (χ4n) is 1.37. The van der Waals surface area contributed by atoms with Crippen molar-refractivity contribution in [3.8, 4) is 5.75 Å².